The second kappa shape index (κ2) is 14.0. The fraction of sp³-hybridized carbons (Fsp3) is 0.409. The number of para-hydroxylation sites is 1. The largest absolute Gasteiger partial charge is 0.492 e. The highest BCUT2D eigenvalue weighted by molar-refractivity contribution is 14.0. The molecule has 0 bridgehead atoms. The first kappa shape index (κ1) is 26.9. The highest BCUT2D eigenvalue weighted by atomic mass is 127. The Morgan fingerprint density at radius 1 is 1.03 bits per heavy atom. The van der Waals surface area contributed by atoms with Gasteiger partial charge in [-0.2, -0.15) is 8.78 Å². The molecule has 2 rings (SSSR count). The summed E-state index contributed by atoms with van der Waals surface area (Å²) in [6.45, 7) is 1.25. The summed E-state index contributed by atoms with van der Waals surface area (Å²) in [5.74, 6) is 1.51. The summed E-state index contributed by atoms with van der Waals surface area (Å²) in [5, 5.41) is 6.37. The average molecular weight is 548 g/mol. The molecule has 2 aromatic rings. The molecule has 0 saturated heterocycles. The summed E-state index contributed by atoms with van der Waals surface area (Å²) >= 11 is 0. The number of hydrogen-bond acceptors (Lipinski definition) is 4. The van der Waals surface area contributed by atoms with Crippen molar-refractivity contribution in [3.05, 3.63) is 59.2 Å². The smallest absolute Gasteiger partial charge is 0.387 e. The lowest BCUT2D eigenvalue weighted by Crippen LogP contribution is -2.36. The lowest BCUT2D eigenvalue weighted by atomic mass is 10.1. The third-order valence-corrected chi connectivity index (χ3v) is 4.32. The van der Waals surface area contributed by atoms with Crippen LogP contribution in [0.15, 0.2) is 47.5 Å². The van der Waals surface area contributed by atoms with Crippen LogP contribution in [-0.4, -0.2) is 51.8 Å². The van der Waals surface area contributed by atoms with Crippen molar-refractivity contribution in [3.63, 3.8) is 0 Å². The Morgan fingerprint density at radius 2 is 1.71 bits per heavy atom. The van der Waals surface area contributed by atoms with Gasteiger partial charge in [0.15, 0.2) is 5.96 Å². The zero-order chi connectivity index (χ0) is 21.9. The van der Waals surface area contributed by atoms with Gasteiger partial charge >= 0.3 is 6.61 Å². The first-order valence-electron chi connectivity index (χ1n) is 9.73. The number of alkyl halides is 2. The van der Waals surface area contributed by atoms with Crippen LogP contribution in [0.1, 0.15) is 16.7 Å². The molecular formula is C22H31F2IN4O2. The number of aryl methyl sites for hydroxylation is 1. The zero-order valence-electron chi connectivity index (χ0n) is 18.3. The maximum atomic E-state index is 12.7. The minimum Gasteiger partial charge on any atom is -0.492 e. The fourth-order valence-electron chi connectivity index (χ4n) is 2.76. The van der Waals surface area contributed by atoms with Gasteiger partial charge in [-0.15, -0.1) is 24.0 Å². The highest BCUT2D eigenvalue weighted by Gasteiger charge is 2.11. The van der Waals surface area contributed by atoms with E-state index < -0.39 is 6.61 Å². The Balaban J connectivity index is 0.00000480. The van der Waals surface area contributed by atoms with Crippen molar-refractivity contribution >= 4 is 29.9 Å². The molecule has 0 saturated carbocycles. The van der Waals surface area contributed by atoms with E-state index in [1.165, 1.54) is 0 Å². The van der Waals surface area contributed by atoms with Gasteiger partial charge in [-0.1, -0.05) is 35.9 Å². The molecule has 2 aromatic carbocycles. The number of rotatable bonds is 10. The molecule has 0 aliphatic carbocycles. The van der Waals surface area contributed by atoms with Crippen LogP contribution in [0.5, 0.6) is 11.5 Å². The molecule has 2 N–H and O–H groups in total. The number of hydrogen-bond donors (Lipinski definition) is 2. The van der Waals surface area contributed by atoms with Gasteiger partial charge in [-0.25, -0.2) is 0 Å². The van der Waals surface area contributed by atoms with Crippen molar-refractivity contribution in [3.8, 4) is 11.5 Å². The number of halogens is 3. The lowest BCUT2D eigenvalue weighted by molar-refractivity contribution is -0.0504. The van der Waals surface area contributed by atoms with Gasteiger partial charge in [0.25, 0.3) is 0 Å². The fourth-order valence-corrected chi connectivity index (χ4v) is 2.76. The van der Waals surface area contributed by atoms with Crippen LogP contribution in [0.25, 0.3) is 0 Å². The van der Waals surface area contributed by atoms with Crippen molar-refractivity contribution < 1.29 is 18.3 Å². The Morgan fingerprint density at radius 3 is 2.35 bits per heavy atom. The van der Waals surface area contributed by atoms with Crippen molar-refractivity contribution in [1.29, 1.82) is 0 Å². The Labute approximate surface area is 200 Å². The van der Waals surface area contributed by atoms with Gasteiger partial charge in [0.05, 0.1) is 0 Å². The Kier molecular flexibility index (Phi) is 12.2. The van der Waals surface area contributed by atoms with Gasteiger partial charge in [0.2, 0.25) is 0 Å². The number of guanidine groups is 1. The molecule has 0 fully saturated rings. The third kappa shape index (κ3) is 9.69. The second-order valence-electron chi connectivity index (χ2n) is 7.03. The molecule has 0 atom stereocenters. The minimum atomic E-state index is -2.87. The molecule has 6 nitrogen and oxygen atoms in total. The molecule has 0 radical (unpaired) electrons. The number of likely N-dealkylation sites (N-methyl/N-ethyl adjacent to an activating group) is 1. The van der Waals surface area contributed by atoms with Crippen molar-refractivity contribution in [1.82, 2.24) is 15.5 Å². The quantitative estimate of drug-likeness (QED) is 0.267. The van der Waals surface area contributed by atoms with E-state index in [-0.39, 0.29) is 29.7 Å². The molecule has 0 aromatic heterocycles. The van der Waals surface area contributed by atoms with Crippen LogP contribution in [0.4, 0.5) is 8.78 Å². The van der Waals surface area contributed by atoms with Gasteiger partial charge < -0.3 is 25.0 Å². The second-order valence-corrected chi connectivity index (χ2v) is 7.03. The summed E-state index contributed by atoms with van der Waals surface area (Å²) < 4.78 is 35.8. The van der Waals surface area contributed by atoms with E-state index in [1.807, 2.05) is 51.4 Å². The van der Waals surface area contributed by atoms with Crippen molar-refractivity contribution in [2.75, 3.05) is 34.3 Å². The molecule has 172 valence electrons. The summed E-state index contributed by atoms with van der Waals surface area (Å²) in [4.78, 5) is 6.26. The summed E-state index contributed by atoms with van der Waals surface area (Å²) in [6.07, 6.45) is 0. The summed E-state index contributed by atoms with van der Waals surface area (Å²) in [6, 6.07) is 12.9. The van der Waals surface area contributed by atoms with Crippen LogP contribution in [0.2, 0.25) is 0 Å². The molecule has 0 heterocycles. The topological polar surface area (TPSA) is 58.1 Å². The van der Waals surface area contributed by atoms with E-state index in [0.717, 1.165) is 23.4 Å². The number of nitrogens with one attached hydrogen (secondary N) is 2. The molecule has 0 unspecified atom stereocenters. The van der Waals surface area contributed by atoms with Crippen LogP contribution in [0.3, 0.4) is 0 Å². The number of nitrogens with zero attached hydrogens (tertiary/aromatic N) is 2. The van der Waals surface area contributed by atoms with E-state index in [9.17, 15) is 8.78 Å². The lowest BCUT2D eigenvalue weighted by Gasteiger charge is -2.17. The van der Waals surface area contributed by atoms with E-state index in [4.69, 9.17) is 4.74 Å². The average Bonchev–Trinajstić information content (AvgIpc) is 2.70. The number of ether oxygens (including phenoxy) is 2. The Bertz CT molecular complexity index is 835. The third-order valence-electron chi connectivity index (χ3n) is 4.32. The maximum absolute atomic E-state index is 12.7. The minimum absolute atomic E-state index is 0. The maximum Gasteiger partial charge on any atom is 0.387 e. The normalized spacial score (nSPS) is 11.3. The van der Waals surface area contributed by atoms with Crippen LogP contribution in [-0.2, 0) is 13.1 Å². The molecule has 9 heteroatoms. The van der Waals surface area contributed by atoms with E-state index >= 15 is 0 Å². The molecular weight excluding hydrogens is 517 g/mol. The zero-order valence-corrected chi connectivity index (χ0v) is 20.7. The predicted octanol–water partition coefficient (Wildman–Crippen LogP) is 4.02. The van der Waals surface area contributed by atoms with Crippen LogP contribution >= 0.6 is 24.0 Å². The monoisotopic (exact) mass is 548 g/mol. The Hall–Kier alpha value is -2.14. The van der Waals surface area contributed by atoms with E-state index in [0.29, 0.717) is 31.2 Å². The SMILES string of the molecule is CN=C(NCc1ccccc1OCCN(C)C)NCc1cc(C)ccc1OC(F)F.I. The summed E-state index contributed by atoms with van der Waals surface area (Å²) in [7, 11) is 5.65. The molecule has 0 aliphatic heterocycles. The van der Waals surface area contributed by atoms with Gasteiger partial charge in [0, 0.05) is 37.8 Å². The van der Waals surface area contributed by atoms with E-state index in [2.05, 4.69) is 25.3 Å². The molecule has 0 aliphatic rings. The van der Waals surface area contributed by atoms with Crippen molar-refractivity contribution in [2.24, 2.45) is 4.99 Å². The van der Waals surface area contributed by atoms with Gasteiger partial charge in [-0.05, 0) is 33.2 Å². The van der Waals surface area contributed by atoms with Crippen LogP contribution in [0, 0.1) is 6.92 Å². The molecule has 0 spiro atoms. The van der Waals surface area contributed by atoms with Gasteiger partial charge in [-0.3, -0.25) is 4.99 Å². The predicted molar refractivity (Wildman–Crippen MR) is 131 cm³/mol. The molecule has 31 heavy (non-hydrogen) atoms. The highest BCUT2D eigenvalue weighted by Crippen LogP contribution is 2.22. The van der Waals surface area contributed by atoms with Gasteiger partial charge in [0.1, 0.15) is 18.1 Å². The standard InChI is InChI=1S/C22H30F2N4O2.HI/c1-16-9-10-20(30-21(23)24)18(13-16)15-27-22(25-2)26-14-17-7-5-6-8-19(17)29-12-11-28(3)4;/h5-10,13,21H,11-12,14-15H2,1-4H3,(H2,25,26,27);1H. The van der Waals surface area contributed by atoms with E-state index in [1.54, 1.807) is 19.2 Å². The molecule has 0 amide bonds. The first-order valence-corrected chi connectivity index (χ1v) is 9.73. The first-order chi connectivity index (χ1) is 14.4. The van der Waals surface area contributed by atoms with Crippen molar-refractivity contribution in [2.45, 2.75) is 26.6 Å². The van der Waals surface area contributed by atoms with Crippen LogP contribution < -0.4 is 20.1 Å². The number of aliphatic imine (C=N–C) groups is 1. The number of benzene rings is 2. The summed E-state index contributed by atoms with van der Waals surface area (Å²) in [5.41, 5.74) is 2.59.